The van der Waals surface area contributed by atoms with E-state index >= 15 is 0 Å². The van der Waals surface area contributed by atoms with E-state index in [1.807, 2.05) is 6.07 Å². The fourth-order valence-electron chi connectivity index (χ4n) is 4.38. The van der Waals surface area contributed by atoms with Crippen LogP contribution < -0.4 is 19.6 Å². The van der Waals surface area contributed by atoms with Gasteiger partial charge in [-0.15, -0.1) is 0 Å². The van der Waals surface area contributed by atoms with Crippen molar-refractivity contribution in [3.05, 3.63) is 113 Å². The van der Waals surface area contributed by atoms with Gasteiger partial charge in [-0.1, -0.05) is 23.5 Å². The number of furan rings is 1. The summed E-state index contributed by atoms with van der Waals surface area (Å²) in [6.45, 7) is 3.62. The fraction of sp³-hybridized carbons (Fsp3) is 0.179. The number of non-ortho nitro benzene ring substituents is 1. The van der Waals surface area contributed by atoms with E-state index in [4.69, 9.17) is 13.9 Å². The SMILES string of the molecule is CCOC(=O)C1=C(C)N=c2sc(=Cc3ccc(-c4ccc([N+](=O)[O-])cc4)o3)c(=O)n2C1c1cccc(OC)c1. The Morgan fingerprint density at radius 1 is 1.21 bits per heavy atom. The Morgan fingerprint density at radius 3 is 2.67 bits per heavy atom. The zero-order chi connectivity index (χ0) is 27.7. The number of methoxy groups -OCH3 is 1. The number of carbonyl (C=O) groups is 1. The number of thiazole rings is 1. The Balaban J connectivity index is 1.60. The first-order chi connectivity index (χ1) is 18.8. The molecule has 1 atom stereocenters. The highest BCUT2D eigenvalue weighted by Crippen LogP contribution is 2.32. The van der Waals surface area contributed by atoms with E-state index in [0.717, 1.165) is 0 Å². The fourth-order valence-corrected chi connectivity index (χ4v) is 5.41. The molecule has 0 radical (unpaired) electrons. The summed E-state index contributed by atoms with van der Waals surface area (Å²) in [6.07, 6.45) is 1.62. The van der Waals surface area contributed by atoms with Gasteiger partial charge in [0.2, 0.25) is 0 Å². The van der Waals surface area contributed by atoms with E-state index in [9.17, 15) is 19.7 Å². The predicted octanol–water partition coefficient (Wildman–Crippen LogP) is 3.98. The first-order valence-corrected chi connectivity index (χ1v) is 12.8. The van der Waals surface area contributed by atoms with E-state index in [1.165, 1.54) is 28.0 Å². The molecule has 3 heterocycles. The molecule has 0 saturated heterocycles. The number of benzene rings is 2. The standard InChI is InChI=1S/C28H23N3O7S/c1-4-37-27(33)24-16(2)29-28-30(25(24)18-6-5-7-20(14-18)36-3)26(32)23(39-28)15-21-12-13-22(38-21)17-8-10-19(11-9-17)31(34)35/h5-15,25H,4H2,1-3H3. The number of esters is 1. The van der Waals surface area contributed by atoms with Gasteiger partial charge >= 0.3 is 5.97 Å². The predicted molar refractivity (Wildman–Crippen MR) is 144 cm³/mol. The first kappa shape index (κ1) is 25.9. The van der Waals surface area contributed by atoms with E-state index in [2.05, 4.69) is 4.99 Å². The lowest BCUT2D eigenvalue weighted by molar-refractivity contribution is -0.384. The number of nitro benzene ring substituents is 1. The topological polar surface area (TPSA) is 126 Å². The third kappa shape index (κ3) is 4.91. The molecule has 2 aromatic heterocycles. The third-order valence-corrected chi connectivity index (χ3v) is 7.17. The first-order valence-electron chi connectivity index (χ1n) is 12.0. The molecule has 11 heteroatoms. The number of hydrogen-bond donors (Lipinski definition) is 0. The minimum absolute atomic E-state index is 0.0188. The Morgan fingerprint density at radius 2 is 1.97 bits per heavy atom. The van der Waals surface area contributed by atoms with Gasteiger partial charge in [-0.05, 0) is 55.8 Å². The van der Waals surface area contributed by atoms with Crippen molar-refractivity contribution < 1.29 is 23.6 Å². The van der Waals surface area contributed by atoms with Crippen LogP contribution in [-0.4, -0.2) is 29.2 Å². The van der Waals surface area contributed by atoms with Gasteiger partial charge in [0.1, 0.15) is 17.3 Å². The van der Waals surface area contributed by atoms with Crippen LogP contribution >= 0.6 is 11.3 Å². The highest BCUT2D eigenvalue weighted by molar-refractivity contribution is 7.07. The molecule has 4 aromatic rings. The molecule has 1 unspecified atom stereocenters. The summed E-state index contributed by atoms with van der Waals surface area (Å²) >= 11 is 1.18. The largest absolute Gasteiger partial charge is 0.497 e. The monoisotopic (exact) mass is 545 g/mol. The molecule has 0 saturated carbocycles. The van der Waals surface area contributed by atoms with Crippen LogP contribution in [0.1, 0.15) is 31.2 Å². The molecule has 0 amide bonds. The van der Waals surface area contributed by atoms with Crippen molar-refractivity contribution in [2.45, 2.75) is 19.9 Å². The second-order valence-corrected chi connectivity index (χ2v) is 9.59. The average Bonchev–Trinajstić information content (AvgIpc) is 3.52. The lowest BCUT2D eigenvalue weighted by Gasteiger charge is -2.24. The van der Waals surface area contributed by atoms with Crippen LogP contribution in [0, 0.1) is 10.1 Å². The van der Waals surface area contributed by atoms with Crippen LogP contribution in [0.4, 0.5) is 5.69 Å². The second kappa shape index (κ2) is 10.5. The Kier molecular flexibility index (Phi) is 6.99. The van der Waals surface area contributed by atoms with E-state index in [-0.39, 0.29) is 23.4 Å². The van der Waals surface area contributed by atoms with Gasteiger partial charge in [0.25, 0.3) is 11.2 Å². The maximum atomic E-state index is 13.7. The zero-order valence-corrected chi connectivity index (χ0v) is 22.1. The highest BCUT2D eigenvalue weighted by atomic mass is 32.1. The van der Waals surface area contributed by atoms with E-state index in [1.54, 1.807) is 69.5 Å². The molecule has 0 N–H and O–H groups in total. The van der Waals surface area contributed by atoms with Gasteiger partial charge in [0, 0.05) is 23.8 Å². The number of rotatable bonds is 7. The minimum Gasteiger partial charge on any atom is -0.497 e. The number of aromatic nitrogens is 1. The summed E-state index contributed by atoms with van der Waals surface area (Å²) in [5, 5.41) is 10.9. The van der Waals surface area contributed by atoms with Gasteiger partial charge < -0.3 is 13.9 Å². The normalized spacial score (nSPS) is 15.1. The van der Waals surface area contributed by atoms with Crippen LogP contribution in [0.25, 0.3) is 17.4 Å². The van der Waals surface area contributed by atoms with E-state index < -0.39 is 16.9 Å². The lowest BCUT2D eigenvalue weighted by Crippen LogP contribution is -2.39. The zero-order valence-electron chi connectivity index (χ0n) is 21.2. The molecule has 39 heavy (non-hydrogen) atoms. The maximum absolute atomic E-state index is 13.7. The van der Waals surface area contributed by atoms with Crippen LogP contribution in [0.2, 0.25) is 0 Å². The molecule has 0 bridgehead atoms. The van der Waals surface area contributed by atoms with Crippen molar-refractivity contribution in [3.63, 3.8) is 0 Å². The van der Waals surface area contributed by atoms with Crippen molar-refractivity contribution in [1.82, 2.24) is 4.57 Å². The van der Waals surface area contributed by atoms with Crippen LogP contribution in [0.15, 0.2) is 86.1 Å². The molecule has 5 rings (SSSR count). The van der Waals surface area contributed by atoms with Gasteiger partial charge in [-0.3, -0.25) is 19.5 Å². The molecule has 198 valence electrons. The number of allylic oxidation sites excluding steroid dienone is 1. The van der Waals surface area contributed by atoms with Crippen LogP contribution in [-0.2, 0) is 9.53 Å². The summed E-state index contributed by atoms with van der Waals surface area (Å²) in [5.41, 5.74) is 1.73. The summed E-state index contributed by atoms with van der Waals surface area (Å²) in [6, 6.07) is 15.9. The molecule has 0 aliphatic carbocycles. The van der Waals surface area contributed by atoms with Crippen LogP contribution in [0.5, 0.6) is 5.75 Å². The third-order valence-electron chi connectivity index (χ3n) is 6.19. The smallest absolute Gasteiger partial charge is 0.338 e. The average molecular weight is 546 g/mol. The maximum Gasteiger partial charge on any atom is 0.338 e. The summed E-state index contributed by atoms with van der Waals surface area (Å²) in [4.78, 5) is 42.2. The van der Waals surface area contributed by atoms with E-state index in [0.29, 0.717) is 43.4 Å². The number of nitro groups is 1. The van der Waals surface area contributed by atoms with Crippen molar-refractivity contribution in [2.24, 2.45) is 4.99 Å². The molecule has 1 aliphatic rings. The van der Waals surface area contributed by atoms with Crippen molar-refractivity contribution in [1.29, 1.82) is 0 Å². The van der Waals surface area contributed by atoms with Crippen molar-refractivity contribution in [2.75, 3.05) is 13.7 Å². The molecule has 0 fully saturated rings. The molecule has 1 aliphatic heterocycles. The van der Waals surface area contributed by atoms with Gasteiger partial charge in [0.15, 0.2) is 4.80 Å². The number of fused-ring (bicyclic) bond motifs is 1. The lowest BCUT2D eigenvalue weighted by atomic mass is 9.95. The summed E-state index contributed by atoms with van der Waals surface area (Å²) in [5.74, 6) is 0.966. The minimum atomic E-state index is -0.759. The number of hydrogen-bond acceptors (Lipinski definition) is 9. The number of ether oxygens (including phenoxy) is 2. The van der Waals surface area contributed by atoms with Crippen LogP contribution in [0.3, 0.4) is 0 Å². The number of nitrogens with zero attached hydrogens (tertiary/aromatic N) is 3. The van der Waals surface area contributed by atoms with Gasteiger partial charge in [-0.25, -0.2) is 9.79 Å². The molecular weight excluding hydrogens is 522 g/mol. The second-order valence-electron chi connectivity index (χ2n) is 8.58. The summed E-state index contributed by atoms with van der Waals surface area (Å²) in [7, 11) is 1.55. The molecule has 0 spiro atoms. The molecular formula is C28H23N3O7S. The molecule has 10 nitrogen and oxygen atoms in total. The Hall–Kier alpha value is -4.77. The quantitative estimate of drug-likeness (QED) is 0.195. The Labute approximate surface area is 225 Å². The van der Waals surface area contributed by atoms with Gasteiger partial charge in [-0.2, -0.15) is 0 Å². The summed E-state index contributed by atoms with van der Waals surface area (Å²) < 4.78 is 18.5. The van der Waals surface area contributed by atoms with Gasteiger partial charge in [0.05, 0.1) is 40.5 Å². The molecule has 2 aromatic carbocycles. The number of carbonyl (C=O) groups excluding carboxylic acids is 1. The van der Waals surface area contributed by atoms with Crippen molar-refractivity contribution >= 4 is 29.1 Å². The van der Waals surface area contributed by atoms with Crippen molar-refractivity contribution in [3.8, 4) is 17.1 Å². The Bertz CT molecular complexity index is 1800. The highest BCUT2D eigenvalue weighted by Gasteiger charge is 2.33.